The Morgan fingerprint density at radius 2 is 1.79 bits per heavy atom. The van der Waals surface area contributed by atoms with Crippen molar-refractivity contribution in [1.29, 1.82) is 0 Å². The topological polar surface area (TPSA) is 75.7 Å². The Bertz CT molecular complexity index is 927. The molecule has 0 radical (unpaired) electrons. The lowest BCUT2D eigenvalue weighted by atomic mass is 10.1. The van der Waals surface area contributed by atoms with Gasteiger partial charge in [-0.2, -0.15) is 0 Å². The van der Waals surface area contributed by atoms with Crippen molar-refractivity contribution in [2.75, 3.05) is 13.2 Å². The third-order valence-corrected chi connectivity index (χ3v) is 5.28. The molecule has 1 N–H and O–H groups in total. The molecule has 1 unspecified atom stereocenters. The van der Waals surface area contributed by atoms with Crippen LogP contribution in [0.2, 0.25) is 0 Å². The summed E-state index contributed by atoms with van der Waals surface area (Å²) >= 11 is 3.32. The SMILES string of the molecule is CCOc1ccc(C(C)NC(=O)CCCN2C(=O)c3ccc(Br)cc3C2=O)cc1. The average Bonchev–Trinajstić information content (AvgIpc) is 2.93. The molecular weight excluding hydrogens is 436 g/mol. The van der Waals surface area contributed by atoms with Crippen LogP contribution in [0.1, 0.15) is 59.0 Å². The van der Waals surface area contributed by atoms with Crippen LogP contribution in [-0.2, 0) is 4.79 Å². The zero-order chi connectivity index (χ0) is 21.0. The maximum Gasteiger partial charge on any atom is 0.261 e. The molecule has 0 fully saturated rings. The van der Waals surface area contributed by atoms with Gasteiger partial charge in [0.25, 0.3) is 11.8 Å². The molecule has 1 heterocycles. The fourth-order valence-corrected chi connectivity index (χ4v) is 3.64. The molecule has 0 spiro atoms. The molecule has 0 aliphatic carbocycles. The van der Waals surface area contributed by atoms with Crippen molar-refractivity contribution in [3.8, 4) is 5.75 Å². The molecule has 0 bridgehead atoms. The molecule has 0 saturated heterocycles. The van der Waals surface area contributed by atoms with Crippen molar-refractivity contribution in [2.45, 2.75) is 32.7 Å². The molecule has 1 aliphatic rings. The Kier molecular flexibility index (Phi) is 6.69. The number of hydrogen-bond acceptors (Lipinski definition) is 4. The predicted molar refractivity (Wildman–Crippen MR) is 113 cm³/mol. The van der Waals surface area contributed by atoms with Crippen LogP contribution in [0.5, 0.6) is 5.75 Å². The summed E-state index contributed by atoms with van der Waals surface area (Å²) in [4.78, 5) is 38.3. The second-order valence-corrected chi connectivity index (χ2v) is 7.76. The number of halogens is 1. The fourth-order valence-electron chi connectivity index (χ4n) is 3.28. The maximum absolute atomic E-state index is 12.4. The number of nitrogens with zero attached hydrogens (tertiary/aromatic N) is 1. The van der Waals surface area contributed by atoms with Gasteiger partial charge in [-0.05, 0) is 56.2 Å². The molecular formula is C22H23BrN2O4. The van der Waals surface area contributed by atoms with Gasteiger partial charge in [0.2, 0.25) is 5.91 Å². The van der Waals surface area contributed by atoms with E-state index in [4.69, 9.17) is 4.74 Å². The molecule has 1 atom stereocenters. The number of fused-ring (bicyclic) bond motifs is 1. The number of carbonyl (C=O) groups is 3. The number of rotatable bonds is 8. The largest absolute Gasteiger partial charge is 0.494 e. The zero-order valence-corrected chi connectivity index (χ0v) is 18.0. The van der Waals surface area contributed by atoms with Crippen molar-refractivity contribution in [1.82, 2.24) is 10.2 Å². The Balaban J connectivity index is 1.49. The predicted octanol–water partition coefficient (Wildman–Crippen LogP) is 4.10. The highest BCUT2D eigenvalue weighted by Crippen LogP contribution is 2.26. The lowest BCUT2D eigenvalue weighted by Crippen LogP contribution is -2.32. The van der Waals surface area contributed by atoms with Crippen molar-refractivity contribution >= 4 is 33.7 Å². The van der Waals surface area contributed by atoms with Crippen LogP contribution in [0.15, 0.2) is 46.9 Å². The number of carbonyl (C=O) groups excluding carboxylic acids is 3. The first-order chi connectivity index (χ1) is 13.9. The monoisotopic (exact) mass is 458 g/mol. The molecule has 152 valence electrons. The maximum atomic E-state index is 12.4. The van der Waals surface area contributed by atoms with Crippen LogP contribution in [0.25, 0.3) is 0 Å². The third-order valence-electron chi connectivity index (χ3n) is 4.79. The summed E-state index contributed by atoms with van der Waals surface area (Å²) in [6.07, 6.45) is 0.646. The zero-order valence-electron chi connectivity index (χ0n) is 16.4. The number of benzene rings is 2. The lowest BCUT2D eigenvalue weighted by Gasteiger charge is -2.16. The summed E-state index contributed by atoms with van der Waals surface area (Å²) in [7, 11) is 0. The normalized spacial score (nSPS) is 14.0. The molecule has 2 aromatic carbocycles. The summed E-state index contributed by atoms with van der Waals surface area (Å²) in [5, 5.41) is 2.95. The smallest absolute Gasteiger partial charge is 0.261 e. The molecule has 1 aliphatic heterocycles. The third kappa shape index (κ3) is 4.85. The van der Waals surface area contributed by atoms with Crippen LogP contribution in [0, 0.1) is 0 Å². The first kappa shape index (κ1) is 21.0. The molecule has 3 amide bonds. The number of nitrogens with one attached hydrogen (secondary N) is 1. The Hall–Kier alpha value is -2.67. The number of ether oxygens (including phenoxy) is 1. The highest BCUT2D eigenvalue weighted by atomic mass is 79.9. The van der Waals surface area contributed by atoms with E-state index in [1.165, 1.54) is 4.90 Å². The minimum absolute atomic E-state index is 0.120. The van der Waals surface area contributed by atoms with Crippen LogP contribution in [0.4, 0.5) is 0 Å². The molecule has 29 heavy (non-hydrogen) atoms. The minimum Gasteiger partial charge on any atom is -0.494 e. The highest BCUT2D eigenvalue weighted by Gasteiger charge is 2.35. The van der Waals surface area contributed by atoms with Gasteiger partial charge in [-0.1, -0.05) is 28.1 Å². The van der Waals surface area contributed by atoms with Gasteiger partial charge in [-0.25, -0.2) is 0 Å². The van der Waals surface area contributed by atoms with E-state index in [1.54, 1.807) is 18.2 Å². The molecule has 2 aromatic rings. The first-order valence-corrected chi connectivity index (χ1v) is 10.4. The number of hydrogen-bond donors (Lipinski definition) is 1. The minimum atomic E-state index is -0.311. The van der Waals surface area contributed by atoms with E-state index in [9.17, 15) is 14.4 Å². The van der Waals surface area contributed by atoms with Crippen molar-refractivity contribution in [3.63, 3.8) is 0 Å². The van der Waals surface area contributed by atoms with E-state index in [-0.39, 0.29) is 36.7 Å². The standard InChI is InChI=1S/C22H23BrN2O4/c1-3-29-17-9-6-15(7-10-17)14(2)24-20(26)5-4-12-25-21(27)18-11-8-16(23)13-19(18)22(25)28/h6-11,13-14H,3-5,12H2,1-2H3,(H,24,26). The van der Waals surface area contributed by atoms with Crippen molar-refractivity contribution < 1.29 is 19.1 Å². The quantitative estimate of drug-likeness (QED) is 0.604. The van der Waals surface area contributed by atoms with E-state index in [2.05, 4.69) is 21.2 Å². The van der Waals surface area contributed by atoms with E-state index in [0.29, 0.717) is 24.2 Å². The number of imide groups is 1. The molecule has 3 rings (SSSR count). The average molecular weight is 459 g/mol. The summed E-state index contributed by atoms with van der Waals surface area (Å²) in [6, 6.07) is 12.5. The first-order valence-electron chi connectivity index (χ1n) is 9.58. The van der Waals surface area contributed by atoms with Crippen molar-refractivity contribution in [2.24, 2.45) is 0 Å². The van der Waals surface area contributed by atoms with Gasteiger partial charge in [-0.3, -0.25) is 19.3 Å². The second kappa shape index (κ2) is 9.22. The highest BCUT2D eigenvalue weighted by molar-refractivity contribution is 9.10. The van der Waals surface area contributed by atoms with Crippen LogP contribution in [-0.4, -0.2) is 35.8 Å². The molecule has 0 saturated carbocycles. The van der Waals surface area contributed by atoms with Crippen LogP contribution >= 0.6 is 15.9 Å². The van der Waals surface area contributed by atoms with E-state index in [0.717, 1.165) is 15.8 Å². The summed E-state index contributed by atoms with van der Waals surface area (Å²) in [5.41, 5.74) is 1.79. The van der Waals surface area contributed by atoms with Gasteiger partial charge in [0, 0.05) is 17.4 Å². The Morgan fingerprint density at radius 3 is 2.48 bits per heavy atom. The van der Waals surface area contributed by atoms with Crippen LogP contribution in [0.3, 0.4) is 0 Å². The van der Waals surface area contributed by atoms with Crippen molar-refractivity contribution in [3.05, 3.63) is 63.6 Å². The lowest BCUT2D eigenvalue weighted by molar-refractivity contribution is -0.121. The van der Waals surface area contributed by atoms with Gasteiger partial charge in [0.15, 0.2) is 0 Å². The molecule has 0 aromatic heterocycles. The van der Waals surface area contributed by atoms with Gasteiger partial charge in [0.1, 0.15) is 5.75 Å². The summed E-state index contributed by atoms with van der Waals surface area (Å²) in [5.74, 6) is 0.0589. The van der Waals surface area contributed by atoms with E-state index in [1.807, 2.05) is 38.1 Å². The molecule has 7 heteroatoms. The van der Waals surface area contributed by atoms with Gasteiger partial charge in [0.05, 0.1) is 23.8 Å². The van der Waals surface area contributed by atoms with Gasteiger partial charge < -0.3 is 10.1 Å². The van der Waals surface area contributed by atoms with Crippen LogP contribution < -0.4 is 10.1 Å². The van der Waals surface area contributed by atoms with Gasteiger partial charge >= 0.3 is 0 Å². The fraction of sp³-hybridized carbons (Fsp3) is 0.318. The Labute approximate surface area is 178 Å². The van der Waals surface area contributed by atoms with Gasteiger partial charge in [-0.15, -0.1) is 0 Å². The van der Waals surface area contributed by atoms with E-state index < -0.39 is 0 Å². The molecule has 6 nitrogen and oxygen atoms in total. The number of amides is 3. The summed E-state index contributed by atoms with van der Waals surface area (Å²) in [6.45, 7) is 4.66. The summed E-state index contributed by atoms with van der Waals surface area (Å²) < 4.78 is 6.17. The second-order valence-electron chi connectivity index (χ2n) is 6.85. The van der Waals surface area contributed by atoms with E-state index >= 15 is 0 Å². The Morgan fingerprint density at radius 1 is 1.10 bits per heavy atom.